The van der Waals surface area contributed by atoms with E-state index >= 15 is 0 Å². The minimum atomic E-state index is -0.675. The third kappa shape index (κ3) is 1.79. The van der Waals surface area contributed by atoms with Crippen LogP contribution in [0.25, 0.3) is 5.65 Å². The number of pyridine rings is 1. The number of hydrogen-bond acceptors (Lipinski definition) is 2. The molecule has 0 fully saturated rings. The summed E-state index contributed by atoms with van der Waals surface area (Å²) < 4.78 is 1.91. The predicted molar refractivity (Wildman–Crippen MR) is 70.4 cm³/mol. The first-order valence-corrected chi connectivity index (χ1v) is 5.93. The largest absolute Gasteiger partial charge is 0.382 e. The van der Waals surface area contributed by atoms with E-state index in [4.69, 9.17) is 0 Å². The Kier molecular flexibility index (Phi) is 2.61. The smallest absolute Gasteiger partial charge is 0.137 e. The molecule has 3 heteroatoms. The van der Waals surface area contributed by atoms with Crippen LogP contribution in [0.2, 0.25) is 0 Å². The Hall–Kier alpha value is -2.13. The molecule has 2 aromatic heterocycles. The quantitative estimate of drug-likeness (QED) is 0.745. The van der Waals surface area contributed by atoms with Crippen LogP contribution in [-0.4, -0.2) is 14.5 Å². The molecule has 1 unspecified atom stereocenters. The lowest BCUT2D eigenvalue weighted by atomic mass is 10.0. The number of aliphatic hydroxyl groups excluding tert-OH is 1. The van der Waals surface area contributed by atoms with Crippen molar-refractivity contribution in [1.29, 1.82) is 0 Å². The minimum absolute atomic E-state index is 0.675. The highest BCUT2D eigenvalue weighted by molar-refractivity contribution is 5.42. The Labute approximate surface area is 105 Å². The fraction of sp³-hybridized carbons (Fsp3) is 0.133. The van der Waals surface area contributed by atoms with Gasteiger partial charge in [-0.3, -0.25) is 0 Å². The Bertz CT molecular complexity index is 655. The van der Waals surface area contributed by atoms with Gasteiger partial charge in [0, 0.05) is 12.4 Å². The first kappa shape index (κ1) is 11.0. The molecule has 90 valence electrons. The summed E-state index contributed by atoms with van der Waals surface area (Å²) in [7, 11) is 0. The number of hydrogen-bond donors (Lipinski definition) is 1. The Morgan fingerprint density at radius 2 is 1.89 bits per heavy atom. The summed E-state index contributed by atoms with van der Waals surface area (Å²) in [6.07, 6.45) is 3.12. The fourth-order valence-corrected chi connectivity index (χ4v) is 2.14. The molecular weight excluding hydrogens is 224 g/mol. The van der Waals surface area contributed by atoms with E-state index < -0.39 is 6.10 Å². The van der Waals surface area contributed by atoms with Crippen LogP contribution < -0.4 is 0 Å². The maximum Gasteiger partial charge on any atom is 0.137 e. The highest BCUT2D eigenvalue weighted by atomic mass is 16.3. The fourth-order valence-electron chi connectivity index (χ4n) is 2.14. The van der Waals surface area contributed by atoms with Crippen LogP contribution in [0.4, 0.5) is 0 Å². The predicted octanol–water partition coefficient (Wildman–Crippen LogP) is 2.72. The first-order valence-electron chi connectivity index (χ1n) is 5.93. The minimum Gasteiger partial charge on any atom is -0.382 e. The molecule has 1 aromatic carbocycles. The van der Waals surface area contributed by atoms with Crippen molar-refractivity contribution < 1.29 is 5.11 Å². The number of aliphatic hydroxyl groups is 1. The summed E-state index contributed by atoms with van der Waals surface area (Å²) in [5.74, 6) is 0. The summed E-state index contributed by atoms with van der Waals surface area (Å²) in [4.78, 5) is 4.44. The second kappa shape index (κ2) is 4.27. The van der Waals surface area contributed by atoms with Crippen molar-refractivity contribution in [1.82, 2.24) is 9.38 Å². The number of fused-ring (bicyclic) bond motifs is 1. The zero-order valence-corrected chi connectivity index (χ0v) is 10.1. The highest BCUT2D eigenvalue weighted by Crippen LogP contribution is 2.24. The third-order valence-electron chi connectivity index (χ3n) is 3.15. The van der Waals surface area contributed by atoms with Crippen molar-refractivity contribution in [2.45, 2.75) is 13.0 Å². The molecule has 0 amide bonds. The zero-order valence-electron chi connectivity index (χ0n) is 10.1. The van der Waals surface area contributed by atoms with Gasteiger partial charge in [-0.05, 0) is 30.2 Å². The molecule has 18 heavy (non-hydrogen) atoms. The van der Waals surface area contributed by atoms with E-state index in [0.29, 0.717) is 5.69 Å². The lowest BCUT2D eigenvalue weighted by molar-refractivity contribution is 0.215. The van der Waals surface area contributed by atoms with Gasteiger partial charge in [0.15, 0.2) is 0 Å². The van der Waals surface area contributed by atoms with Crippen LogP contribution in [-0.2, 0) is 0 Å². The van der Waals surface area contributed by atoms with Crippen LogP contribution in [0, 0.1) is 6.92 Å². The topological polar surface area (TPSA) is 37.5 Å². The number of benzene rings is 1. The maximum atomic E-state index is 10.4. The van der Waals surface area contributed by atoms with E-state index in [1.54, 1.807) is 0 Å². The van der Waals surface area contributed by atoms with E-state index in [9.17, 15) is 5.11 Å². The van der Waals surface area contributed by atoms with Gasteiger partial charge in [0.2, 0.25) is 0 Å². The molecule has 0 aliphatic heterocycles. The van der Waals surface area contributed by atoms with Crippen molar-refractivity contribution >= 4 is 5.65 Å². The van der Waals surface area contributed by atoms with Crippen LogP contribution in [0.3, 0.4) is 0 Å². The molecule has 0 bridgehead atoms. The average molecular weight is 238 g/mol. The molecule has 1 N–H and O–H groups in total. The third-order valence-corrected chi connectivity index (χ3v) is 3.15. The van der Waals surface area contributed by atoms with Gasteiger partial charge in [0.25, 0.3) is 0 Å². The number of aryl methyl sites for hydroxylation is 1. The zero-order chi connectivity index (χ0) is 12.5. The van der Waals surface area contributed by atoms with Gasteiger partial charge >= 0.3 is 0 Å². The molecule has 0 spiro atoms. The molecule has 3 rings (SSSR count). The molecule has 0 radical (unpaired) electrons. The van der Waals surface area contributed by atoms with E-state index in [1.807, 2.05) is 66.2 Å². The molecule has 0 saturated carbocycles. The molecule has 2 heterocycles. The maximum absolute atomic E-state index is 10.4. The molecule has 1 atom stereocenters. The number of aromatic nitrogens is 2. The van der Waals surface area contributed by atoms with Crippen molar-refractivity contribution in [2.24, 2.45) is 0 Å². The molecule has 3 nitrogen and oxygen atoms in total. The summed E-state index contributed by atoms with van der Waals surface area (Å²) in [5.41, 5.74) is 3.50. The van der Waals surface area contributed by atoms with Gasteiger partial charge in [-0.15, -0.1) is 0 Å². The van der Waals surface area contributed by atoms with Gasteiger partial charge < -0.3 is 9.51 Å². The van der Waals surface area contributed by atoms with Crippen LogP contribution in [0.5, 0.6) is 0 Å². The first-order chi connectivity index (χ1) is 8.75. The van der Waals surface area contributed by atoms with Crippen LogP contribution >= 0.6 is 0 Å². The Morgan fingerprint density at radius 1 is 1.11 bits per heavy atom. The van der Waals surface area contributed by atoms with Gasteiger partial charge in [0.05, 0.1) is 5.69 Å². The SMILES string of the molecule is Cc1ccccc1C(O)c1cn2ccccc2n1. The average Bonchev–Trinajstić information content (AvgIpc) is 2.82. The number of rotatable bonds is 2. The summed E-state index contributed by atoms with van der Waals surface area (Å²) in [5, 5.41) is 10.4. The second-order valence-corrected chi connectivity index (χ2v) is 4.39. The standard InChI is InChI=1S/C15H14N2O/c1-11-6-2-3-7-12(11)15(18)13-10-17-9-5-4-8-14(17)16-13/h2-10,15,18H,1H3. The van der Waals surface area contributed by atoms with E-state index in [2.05, 4.69) is 4.98 Å². The van der Waals surface area contributed by atoms with E-state index in [-0.39, 0.29) is 0 Å². The summed E-state index contributed by atoms with van der Waals surface area (Å²) in [6, 6.07) is 13.6. The van der Waals surface area contributed by atoms with Crippen molar-refractivity contribution in [3.63, 3.8) is 0 Å². The number of imidazole rings is 1. The molecule has 0 saturated heterocycles. The Morgan fingerprint density at radius 3 is 2.67 bits per heavy atom. The van der Waals surface area contributed by atoms with Crippen molar-refractivity contribution in [2.75, 3.05) is 0 Å². The molecule has 3 aromatic rings. The molecule has 0 aliphatic carbocycles. The van der Waals surface area contributed by atoms with Crippen LogP contribution in [0.1, 0.15) is 22.9 Å². The van der Waals surface area contributed by atoms with Gasteiger partial charge in [-0.2, -0.15) is 0 Å². The second-order valence-electron chi connectivity index (χ2n) is 4.39. The lowest BCUT2D eigenvalue weighted by Gasteiger charge is -2.10. The van der Waals surface area contributed by atoms with Gasteiger partial charge in [0.1, 0.15) is 11.8 Å². The lowest BCUT2D eigenvalue weighted by Crippen LogP contribution is -2.01. The van der Waals surface area contributed by atoms with Crippen LogP contribution in [0.15, 0.2) is 54.9 Å². The van der Waals surface area contributed by atoms with E-state index in [1.165, 1.54) is 0 Å². The van der Waals surface area contributed by atoms with Crippen molar-refractivity contribution in [3.8, 4) is 0 Å². The highest BCUT2D eigenvalue weighted by Gasteiger charge is 2.15. The molecular formula is C15H14N2O. The van der Waals surface area contributed by atoms with Crippen molar-refractivity contribution in [3.05, 3.63) is 71.7 Å². The Balaban J connectivity index is 2.07. The molecule has 0 aliphatic rings. The normalized spacial score (nSPS) is 12.8. The summed E-state index contributed by atoms with van der Waals surface area (Å²) >= 11 is 0. The summed E-state index contributed by atoms with van der Waals surface area (Å²) in [6.45, 7) is 1.99. The number of nitrogens with zero attached hydrogens (tertiary/aromatic N) is 2. The van der Waals surface area contributed by atoms with E-state index in [0.717, 1.165) is 16.8 Å². The monoisotopic (exact) mass is 238 g/mol. The van der Waals surface area contributed by atoms with Gasteiger partial charge in [-0.1, -0.05) is 30.3 Å². The van der Waals surface area contributed by atoms with Gasteiger partial charge in [-0.25, -0.2) is 4.98 Å².